The zero-order valence-electron chi connectivity index (χ0n) is 16.4. The minimum atomic E-state index is 0.115. The normalized spacial score (nSPS) is 17.7. The second-order valence-corrected chi connectivity index (χ2v) is 8.17. The summed E-state index contributed by atoms with van der Waals surface area (Å²) in [4.78, 5) is 29.5. The highest BCUT2D eigenvalue weighted by Crippen LogP contribution is 2.22. The SMILES string of the molecule is CSc1ccc(C(=O)N2CCN(c3cc(N4CCCCC4)ncn3)CC2)cc1. The lowest BCUT2D eigenvalue weighted by molar-refractivity contribution is 0.0746. The van der Waals surface area contributed by atoms with Crippen LogP contribution in [0.2, 0.25) is 0 Å². The molecule has 6 nitrogen and oxygen atoms in total. The molecule has 2 aliphatic rings. The van der Waals surface area contributed by atoms with Crippen LogP contribution in [0.15, 0.2) is 41.6 Å². The van der Waals surface area contributed by atoms with Crippen LogP contribution in [0.4, 0.5) is 11.6 Å². The first-order chi connectivity index (χ1) is 13.7. The molecular weight excluding hydrogens is 370 g/mol. The van der Waals surface area contributed by atoms with Gasteiger partial charge in [0.25, 0.3) is 5.91 Å². The topological polar surface area (TPSA) is 52.6 Å². The van der Waals surface area contributed by atoms with E-state index in [1.54, 1.807) is 18.1 Å². The number of anilines is 2. The third-order valence-electron chi connectivity index (χ3n) is 5.55. The molecule has 2 aromatic rings. The maximum absolute atomic E-state index is 12.8. The number of piperazine rings is 1. The number of thioether (sulfide) groups is 1. The standard InChI is InChI=1S/C21H27N5OS/c1-28-18-7-5-17(6-8-18)21(27)26-13-11-25(12-14-26)20-15-19(22-16-23-20)24-9-3-2-4-10-24/h5-8,15-16H,2-4,9-14H2,1H3. The summed E-state index contributed by atoms with van der Waals surface area (Å²) in [6, 6.07) is 9.98. The Morgan fingerprint density at radius 1 is 0.857 bits per heavy atom. The lowest BCUT2D eigenvalue weighted by atomic mass is 10.1. The first kappa shape index (κ1) is 19.1. The molecule has 0 unspecified atom stereocenters. The van der Waals surface area contributed by atoms with E-state index in [0.29, 0.717) is 13.1 Å². The number of amides is 1. The van der Waals surface area contributed by atoms with Gasteiger partial charge in [-0.25, -0.2) is 9.97 Å². The number of hydrogen-bond donors (Lipinski definition) is 0. The second-order valence-electron chi connectivity index (χ2n) is 7.29. The molecular formula is C21H27N5OS. The van der Waals surface area contributed by atoms with Crippen LogP contribution < -0.4 is 9.80 Å². The number of piperidine rings is 1. The molecule has 1 amide bonds. The fourth-order valence-corrected chi connectivity index (χ4v) is 4.27. The summed E-state index contributed by atoms with van der Waals surface area (Å²) >= 11 is 1.69. The maximum Gasteiger partial charge on any atom is 0.253 e. The predicted molar refractivity (Wildman–Crippen MR) is 114 cm³/mol. The van der Waals surface area contributed by atoms with Crippen LogP contribution in [0, 0.1) is 0 Å². The van der Waals surface area contributed by atoms with E-state index in [4.69, 9.17) is 0 Å². The number of carbonyl (C=O) groups is 1. The molecule has 0 aliphatic carbocycles. The molecule has 0 atom stereocenters. The summed E-state index contributed by atoms with van der Waals surface area (Å²) in [7, 11) is 0. The fraction of sp³-hybridized carbons (Fsp3) is 0.476. The minimum absolute atomic E-state index is 0.115. The number of hydrogen-bond acceptors (Lipinski definition) is 6. The van der Waals surface area contributed by atoms with Gasteiger partial charge < -0.3 is 14.7 Å². The van der Waals surface area contributed by atoms with Gasteiger partial charge in [0.05, 0.1) is 0 Å². The molecule has 0 radical (unpaired) electrons. The molecule has 2 saturated heterocycles. The number of aromatic nitrogens is 2. The average molecular weight is 398 g/mol. The number of rotatable bonds is 4. The quantitative estimate of drug-likeness (QED) is 0.739. The number of benzene rings is 1. The van der Waals surface area contributed by atoms with E-state index in [9.17, 15) is 4.79 Å². The molecule has 148 valence electrons. The Morgan fingerprint density at radius 3 is 2.07 bits per heavy atom. The summed E-state index contributed by atoms with van der Waals surface area (Å²) in [5.41, 5.74) is 0.765. The highest BCUT2D eigenvalue weighted by Gasteiger charge is 2.23. The summed E-state index contributed by atoms with van der Waals surface area (Å²) in [5.74, 6) is 2.10. The molecule has 0 spiro atoms. The second kappa shape index (κ2) is 8.82. The smallest absolute Gasteiger partial charge is 0.253 e. The van der Waals surface area contributed by atoms with Crippen LogP contribution in [0.25, 0.3) is 0 Å². The molecule has 7 heteroatoms. The van der Waals surface area contributed by atoms with Crippen molar-refractivity contribution in [3.63, 3.8) is 0 Å². The van der Waals surface area contributed by atoms with E-state index < -0.39 is 0 Å². The van der Waals surface area contributed by atoms with E-state index in [-0.39, 0.29) is 5.91 Å². The Morgan fingerprint density at radius 2 is 1.46 bits per heavy atom. The highest BCUT2D eigenvalue weighted by molar-refractivity contribution is 7.98. The van der Waals surface area contributed by atoms with Crippen molar-refractivity contribution in [1.82, 2.24) is 14.9 Å². The molecule has 0 saturated carbocycles. The molecule has 2 fully saturated rings. The lowest BCUT2D eigenvalue weighted by Crippen LogP contribution is -2.49. The van der Waals surface area contributed by atoms with Gasteiger partial charge in [-0.3, -0.25) is 4.79 Å². The molecule has 0 bridgehead atoms. The zero-order valence-corrected chi connectivity index (χ0v) is 17.2. The summed E-state index contributed by atoms with van der Waals surface area (Å²) in [6.45, 7) is 5.18. The van der Waals surface area contributed by atoms with Crippen molar-refractivity contribution >= 4 is 29.3 Å². The molecule has 4 rings (SSSR count). The Labute approximate surface area is 170 Å². The third kappa shape index (κ3) is 4.24. The van der Waals surface area contributed by atoms with E-state index in [2.05, 4.69) is 25.8 Å². The third-order valence-corrected chi connectivity index (χ3v) is 6.29. The van der Waals surface area contributed by atoms with Crippen LogP contribution in [-0.2, 0) is 0 Å². The van der Waals surface area contributed by atoms with Crippen molar-refractivity contribution in [2.75, 3.05) is 55.3 Å². The van der Waals surface area contributed by atoms with Gasteiger partial charge in [0.2, 0.25) is 0 Å². The van der Waals surface area contributed by atoms with Crippen molar-refractivity contribution in [1.29, 1.82) is 0 Å². The van der Waals surface area contributed by atoms with Gasteiger partial charge in [-0.1, -0.05) is 0 Å². The lowest BCUT2D eigenvalue weighted by Gasteiger charge is -2.36. The molecule has 1 aromatic carbocycles. The van der Waals surface area contributed by atoms with Gasteiger partial charge in [-0.2, -0.15) is 0 Å². The summed E-state index contributed by atoms with van der Waals surface area (Å²) < 4.78 is 0. The van der Waals surface area contributed by atoms with Crippen molar-refractivity contribution in [3.05, 3.63) is 42.2 Å². The van der Waals surface area contributed by atoms with Crippen LogP contribution in [0.3, 0.4) is 0 Å². The van der Waals surface area contributed by atoms with Crippen LogP contribution >= 0.6 is 11.8 Å². The van der Waals surface area contributed by atoms with Gasteiger partial charge in [0, 0.05) is 55.8 Å². The molecule has 28 heavy (non-hydrogen) atoms. The fourth-order valence-electron chi connectivity index (χ4n) is 3.86. The molecule has 2 aliphatic heterocycles. The van der Waals surface area contributed by atoms with E-state index in [1.807, 2.05) is 35.4 Å². The van der Waals surface area contributed by atoms with E-state index in [0.717, 1.165) is 43.4 Å². The average Bonchev–Trinajstić information content (AvgIpc) is 2.79. The van der Waals surface area contributed by atoms with Crippen molar-refractivity contribution < 1.29 is 4.79 Å². The molecule has 1 aromatic heterocycles. The largest absolute Gasteiger partial charge is 0.356 e. The van der Waals surface area contributed by atoms with Crippen molar-refractivity contribution in [2.24, 2.45) is 0 Å². The van der Waals surface area contributed by atoms with Crippen molar-refractivity contribution in [3.8, 4) is 0 Å². The zero-order chi connectivity index (χ0) is 19.3. The Bertz CT molecular complexity index is 799. The Kier molecular flexibility index (Phi) is 6.00. The van der Waals surface area contributed by atoms with Gasteiger partial charge in [0.1, 0.15) is 18.0 Å². The van der Waals surface area contributed by atoms with E-state index in [1.165, 1.54) is 24.2 Å². The summed E-state index contributed by atoms with van der Waals surface area (Å²) in [6.07, 6.45) is 7.49. The minimum Gasteiger partial charge on any atom is -0.356 e. The van der Waals surface area contributed by atoms with Crippen LogP contribution in [0.1, 0.15) is 29.6 Å². The Balaban J connectivity index is 1.37. The van der Waals surface area contributed by atoms with Crippen molar-refractivity contribution in [2.45, 2.75) is 24.2 Å². The van der Waals surface area contributed by atoms with Crippen LogP contribution in [-0.4, -0.2) is 66.3 Å². The first-order valence-corrected chi connectivity index (χ1v) is 11.2. The first-order valence-electron chi connectivity index (χ1n) is 10.00. The van der Waals surface area contributed by atoms with Gasteiger partial charge in [0.15, 0.2) is 0 Å². The predicted octanol–water partition coefficient (Wildman–Crippen LogP) is 3.15. The van der Waals surface area contributed by atoms with Gasteiger partial charge in [-0.15, -0.1) is 11.8 Å². The Hall–Kier alpha value is -2.28. The maximum atomic E-state index is 12.8. The van der Waals surface area contributed by atoms with E-state index >= 15 is 0 Å². The number of nitrogens with zero attached hydrogens (tertiary/aromatic N) is 5. The molecule has 3 heterocycles. The highest BCUT2D eigenvalue weighted by atomic mass is 32.2. The monoisotopic (exact) mass is 397 g/mol. The number of carbonyl (C=O) groups excluding carboxylic acids is 1. The molecule has 0 N–H and O–H groups in total. The summed E-state index contributed by atoms with van der Waals surface area (Å²) in [5, 5.41) is 0. The van der Waals surface area contributed by atoms with Gasteiger partial charge >= 0.3 is 0 Å². The van der Waals surface area contributed by atoms with Gasteiger partial charge in [-0.05, 0) is 49.8 Å². The van der Waals surface area contributed by atoms with Crippen LogP contribution in [0.5, 0.6) is 0 Å².